The van der Waals surface area contributed by atoms with Gasteiger partial charge in [-0.3, -0.25) is 14.9 Å². The van der Waals surface area contributed by atoms with Crippen LogP contribution in [0.2, 0.25) is 0 Å². The fourth-order valence-corrected chi connectivity index (χ4v) is 2.47. The molecule has 7 nitrogen and oxygen atoms in total. The molecule has 1 N–H and O–H groups in total. The number of anilines is 1. The van der Waals surface area contributed by atoms with Crippen molar-refractivity contribution < 1.29 is 9.72 Å². The van der Waals surface area contributed by atoms with Gasteiger partial charge in [0.25, 0.3) is 0 Å². The molecular formula is C10H14N4O3S. The van der Waals surface area contributed by atoms with E-state index in [-0.39, 0.29) is 17.5 Å². The summed E-state index contributed by atoms with van der Waals surface area (Å²) in [4.78, 5) is 27.5. The maximum Gasteiger partial charge on any atom is 0.345 e. The van der Waals surface area contributed by atoms with E-state index < -0.39 is 4.92 Å². The SMILES string of the molecule is O=C(CNc1ncc([N+](=O)[O-])s1)N1CCCCC1. The number of nitrogens with zero attached hydrogens (tertiary/aromatic N) is 3. The lowest BCUT2D eigenvalue weighted by atomic mass is 10.1. The number of rotatable bonds is 4. The minimum atomic E-state index is -0.491. The Morgan fingerprint density at radius 3 is 2.83 bits per heavy atom. The Labute approximate surface area is 108 Å². The third-order valence-corrected chi connectivity index (χ3v) is 3.68. The van der Waals surface area contributed by atoms with Crippen LogP contribution < -0.4 is 5.32 Å². The Kier molecular flexibility index (Phi) is 4.08. The Bertz CT molecular complexity index is 442. The van der Waals surface area contributed by atoms with E-state index >= 15 is 0 Å². The maximum absolute atomic E-state index is 11.8. The van der Waals surface area contributed by atoms with Crippen molar-refractivity contribution in [3.05, 3.63) is 16.3 Å². The number of aromatic nitrogens is 1. The summed E-state index contributed by atoms with van der Waals surface area (Å²) >= 11 is 0.938. The summed E-state index contributed by atoms with van der Waals surface area (Å²) in [6.07, 6.45) is 4.47. The molecule has 1 aliphatic rings. The number of carbonyl (C=O) groups is 1. The Balaban J connectivity index is 1.82. The molecule has 18 heavy (non-hydrogen) atoms. The zero-order valence-corrected chi connectivity index (χ0v) is 10.6. The van der Waals surface area contributed by atoms with E-state index in [2.05, 4.69) is 10.3 Å². The highest BCUT2D eigenvalue weighted by Crippen LogP contribution is 2.24. The van der Waals surface area contributed by atoms with Gasteiger partial charge in [0.15, 0.2) is 5.13 Å². The van der Waals surface area contributed by atoms with Crippen LogP contribution in [0.25, 0.3) is 0 Å². The first-order valence-corrected chi connectivity index (χ1v) is 6.60. The van der Waals surface area contributed by atoms with Gasteiger partial charge in [0.2, 0.25) is 5.91 Å². The zero-order chi connectivity index (χ0) is 13.0. The van der Waals surface area contributed by atoms with Crippen molar-refractivity contribution in [1.29, 1.82) is 0 Å². The smallest absolute Gasteiger partial charge is 0.345 e. The summed E-state index contributed by atoms with van der Waals surface area (Å²) in [6, 6.07) is 0. The summed E-state index contributed by atoms with van der Waals surface area (Å²) in [7, 11) is 0. The summed E-state index contributed by atoms with van der Waals surface area (Å²) in [5, 5.41) is 13.7. The number of thiazole rings is 1. The molecule has 0 bridgehead atoms. The second-order valence-corrected chi connectivity index (χ2v) is 5.06. The number of likely N-dealkylation sites (tertiary alicyclic amines) is 1. The third kappa shape index (κ3) is 3.16. The molecule has 1 amide bonds. The van der Waals surface area contributed by atoms with Crippen molar-refractivity contribution in [2.75, 3.05) is 25.0 Å². The van der Waals surface area contributed by atoms with Gasteiger partial charge in [0.1, 0.15) is 6.20 Å². The molecule has 1 aromatic rings. The normalized spacial score (nSPS) is 15.4. The molecule has 0 atom stereocenters. The van der Waals surface area contributed by atoms with E-state index in [1.807, 2.05) is 4.90 Å². The molecular weight excluding hydrogens is 256 g/mol. The molecule has 0 aliphatic carbocycles. The predicted octanol–water partition coefficient (Wildman–Crippen LogP) is 1.48. The molecule has 8 heteroatoms. The number of amides is 1. The fraction of sp³-hybridized carbons (Fsp3) is 0.600. The molecule has 1 aliphatic heterocycles. The first-order chi connectivity index (χ1) is 8.66. The van der Waals surface area contributed by atoms with Gasteiger partial charge in [-0.2, -0.15) is 0 Å². The van der Waals surface area contributed by atoms with Gasteiger partial charge < -0.3 is 10.2 Å². The van der Waals surface area contributed by atoms with Crippen LogP contribution in [0.15, 0.2) is 6.20 Å². The number of nitrogens with one attached hydrogen (secondary N) is 1. The standard InChI is InChI=1S/C10H14N4O3S/c15-8(13-4-2-1-3-5-13)6-11-10-12-7-9(18-10)14(16)17/h7H,1-6H2,(H,11,12). The summed E-state index contributed by atoms with van der Waals surface area (Å²) in [6.45, 7) is 1.75. The van der Waals surface area contributed by atoms with Gasteiger partial charge >= 0.3 is 5.00 Å². The van der Waals surface area contributed by atoms with E-state index in [9.17, 15) is 14.9 Å². The lowest BCUT2D eigenvalue weighted by molar-refractivity contribution is -0.380. The molecule has 0 saturated carbocycles. The Hall–Kier alpha value is -1.70. The second-order valence-electron chi connectivity index (χ2n) is 4.06. The number of carbonyl (C=O) groups excluding carboxylic acids is 1. The van der Waals surface area contributed by atoms with Crippen molar-refractivity contribution in [3.8, 4) is 0 Å². The van der Waals surface area contributed by atoms with Gasteiger partial charge in [-0.1, -0.05) is 0 Å². The molecule has 0 aromatic carbocycles. The fourth-order valence-electron chi connectivity index (χ4n) is 1.84. The van der Waals surface area contributed by atoms with E-state index in [4.69, 9.17) is 0 Å². The van der Waals surface area contributed by atoms with Crippen molar-refractivity contribution in [1.82, 2.24) is 9.88 Å². The monoisotopic (exact) mass is 270 g/mol. The predicted molar refractivity (Wildman–Crippen MR) is 67.7 cm³/mol. The average Bonchev–Trinajstić information content (AvgIpc) is 2.86. The molecule has 0 unspecified atom stereocenters. The van der Waals surface area contributed by atoms with Crippen LogP contribution in [-0.4, -0.2) is 40.3 Å². The first kappa shape index (κ1) is 12.7. The molecule has 0 spiro atoms. The van der Waals surface area contributed by atoms with Crippen LogP contribution in [0.3, 0.4) is 0 Å². The highest BCUT2D eigenvalue weighted by atomic mass is 32.1. The van der Waals surface area contributed by atoms with Crippen molar-refractivity contribution >= 4 is 27.4 Å². The molecule has 1 fully saturated rings. The Morgan fingerprint density at radius 2 is 2.22 bits per heavy atom. The van der Waals surface area contributed by atoms with Crippen molar-refractivity contribution in [2.24, 2.45) is 0 Å². The van der Waals surface area contributed by atoms with E-state index in [0.717, 1.165) is 37.3 Å². The quantitative estimate of drug-likeness (QED) is 0.661. The van der Waals surface area contributed by atoms with Crippen LogP contribution in [0.1, 0.15) is 19.3 Å². The van der Waals surface area contributed by atoms with Gasteiger partial charge in [0.05, 0.1) is 11.5 Å². The lowest BCUT2D eigenvalue weighted by Crippen LogP contribution is -2.39. The van der Waals surface area contributed by atoms with E-state index in [1.54, 1.807) is 0 Å². The molecule has 1 aromatic heterocycles. The van der Waals surface area contributed by atoms with E-state index in [0.29, 0.717) is 5.13 Å². The molecule has 0 radical (unpaired) electrons. The maximum atomic E-state index is 11.8. The largest absolute Gasteiger partial charge is 0.352 e. The number of nitro groups is 1. The zero-order valence-electron chi connectivity index (χ0n) is 9.79. The van der Waals surface area contributed by atoms with Gasteiger partial charge in [-0.25, -0.2) is 4.98 Å². The van der Waals surface area contributed by atoms with Gasteiger partial charge in [-0.05, 0) is 30.6 Å². The summed E-state index contributed by atoms with van der Waals surface area (Å²) < 4.78 is 0. The van der Waals surface area contributed by atoms with Crippen LogP contribution in [-0.2, 0) is 4.79 Å². The van der Waals surface area contributed by atoms with Crippen molar-refractivity contribution in [3.63, 3.8) is 0 Å². The van der Waals surface area contributed by atoms with Gasteiger partial charge in [-0.15, -0.1) is 0 Å². The van der Waals surface area contributed by atoms with Gasteiger partial charge in [0, 0.05) is 13.1 Å². The highest BCUT2D eigenvalue weighted by molar-refractivity contribution is 7.18. The van der Waals surface area contributed by atoms with Crippen LogP contribution in [0.5, 0.6) is 0 Å². The summed E-state index contributed by atoms with van der Waals surface area (Å²) in [5.74, 6) is 0.0209. The average molecular weight is 270 g/mol. The second kappa shape index (κ2) is 5.76. The lowest BCUT2D eigenvalue weighted by Gasteiger charge is -2.26. The minimum absolute atomic E-state index is 0.0209. The number of piperidine rings is 1. The van der Waals surface area contributed by atoms with Crippen LogP contribution >= 0.6 is 11.3 Å². The molecule has 2 heterocycles. The van der Waals surface area contributed by atoms with Crippen LogP contribution in [0.4, 0.5) is 10.1 Å². The highest BCUT2D eigenvalue weighted by Gasteiger charge is 2.17. The number of hydrogen-bond donors (Lipinski definition) is 1. The van der Waals surface area contributed by atoms with Crippen LogP contribution in [0, 0.1) is 10.1 Å². The number of hydrogen-bond acceptors (Lipinski definition) is 6. The van der Waals surface area contributed by atoms with Crippen molar-refractivity contribution in [2.45, 2.75) is 19.3 Å². The molecule has 98 valence electrons. The molecule has 2 rings (SSSR count). The third-order valence-electron chi connectivity index (χ3n) is 2.77. The topological polar surface area (TPSA) is 88.4 Å². The Morgan fingerprint density at radius 1 is 1.50 bits per heavy atom. The van der Waals surface area contributed by atoms with E-state index in [1.165, 1.54) is 12.6 Å². The molecule has 1 saturated heterocycles. The summed E-state index contributed by atoms with van der Waals surface area (Å²) in [5.41, 5.74) is 0. The minimum Gasteiger partial charge on any atom is -0.352 e. The first-order valence-electron chi connectivity index (χ1n) is 5.78.